The monoisotopic (exact) mass is 261 g/mol. The Hall–Kier alpha value is -1.27. The second kappa shape index (κ2) is 5.16. The number of ether oxygens (including phenoxy) is 1. The van der Waals surface area contributed by atoms with Crippen molar-refractivity contribution in [2.75, 3.05) is 13.2 Å². The molecule has 1 aliphatic heterocycles. The molecule has 0 unspecified atom stereocenters. The molecule has 1 atom stereocenters. The predicted molar refractivity (Wildman–Crippen MR) is 58.5 cm³/mol. The number of hydrogen-bond acceptors (Lipinski definition) is 3. The molecule has 18 heavy (non-hydrogen) atoms. The summed E-state index contributed by atoms with van der Waals surface area (Å²) in [5.74, 6) is -5.21. The van der Waals surface area contributed by atoms with E-state index in [0.717, 1.165) is 0 Å². The molecular weight excluding hydrogens is 247 g/mol. The molecule has 1 aliphatic rings. The number of phenolic OH excluding ortho intramolecular Hbond substituents is 1. The minimum Gasteiger partial charge on any atom is -0.507 e. The first-order chi connectivity index (χ1) is 8.52. The summed E-state index contributed by atoms with van der Waals surface area (Å²) < 4.78 is 44.8. The van der Waals surface area contributed by atoms with Gasteiger partial charge in [-0.25, -0.2) is 13.2 Å². The van der Waals surface area contributed by atoms with Gasteiger partial charge in [-0.2, -0.15) is 0 Å². The van der Waals surface area contributed by atoms with Gasteiger partial charge in [0, 0.05) is 30.9 Å². The second-order valence-electron chi connectivity index (χ2n) is 4.39. The van der Waals surface area contributed by atoms with Crippen molar-refractivity contribution in [3.05, 3.63) is 29.1 Å². The van der Waals surface area contributed by atoms with E-state index in [1.165, 1.54) is 0 Å². The molecule has 0 saturated carbocycles. The van der Waals surface area contributed by atoms with E-state index in [1.807, 2.05) is 0 Å². The lowest BCUT2D eigenvalue weighted by molar-refractivity contribution is 0.0576. The lowest BCUT2D eigenvalue weighted by Gasteiger charge is -2.28. The maximum atomic E-state index is 13.6. The standard InChI is InChI=1S/C12H14F3NO2/c13-7-5-8(17)9(11(15)10(7)14)12(16)6-1-3-18-4-2-6/h5-6,12,17H,1-4,16H2/t12-/m0/s1. The average molecular weight is 261 g/mol. The lowest BCUT2D eigenvalue weighted by Crippen LogP contribution is -2.28. The van der Waals surface area contributed by atoms with Crippen molar-refractivity contribution in [3.8, 4) is 5.75 Å². The van der Waals surface area contributed by atoms with Gasteiger partial charge >= 0.3 is 0 Å². The van der Waals surface area contributed by atoms with Gasteiger partial charge in [0.1, 0.15) is 5.75 Å². The Balaban J connectivity index is 2.34. The van der Waals surface area contributed by atoms with E-state index in [4.69, 9.17) is 10.5 Å². The normalized spacial score (nSPS) is 18.9. The van der Waals surface area contributed by atoms with Gasteiger partial charge in [0.05, 0.1) is 0 Å². The number of hydrogen-bond donors (Lipinski definition) is 2. The summed E-state index contributed by atoms with van der Waals surface area (Å²) in [6.45, 7) is 0.981. The molecule has 0 bridgehead atoms. The quantitative estimate of drug-likeness (QED) is 0.803. The van der Waals surface area contributed by atoms with Crippen molar-refractivity contribution in [2.24, 2.45) is 11.7 Å². The summed E-state index contributed by atoms with van der Waals surface area (Å²) in [4.78, 5) is 0. The van der Waals surface area contributed by atoms with E-state index >= 15 is 0 Å². The molecule has 1 aromatic carbocycles. The van der Waals surface area contributed by atoms with Crippen LogP contribution in [0.5, 0.6) is 5.75 Å². The van der Waals surface area contributed by atoms with Gasteiger partial charge in [0.25, 0.3) is 0 Å². The number of nitrogens with two attached hydrogens (primary N) is 1. The maximum absolute atomic E-state index is 13.6. The van der Waals surface area contributed by atoms with Crippen LogP contribution in [0.25, 0.3) is 0 Å². The molecule has 0 aromatic heterocycles. The number of halogens is 3. The van der Waals surface area contributed by atoms with Crippen LogP contribution >= 0.6 is 0 Å². The molecule has 1 saturated heterocycles. The number of benzene rings is 1. The van der Waals surface area contributed by atoms with Crippen molar-refractivity contribution in [1.29, 1.82) is 0 Å². The van der Waals surface area contributed by atoms with Crippen LogP contribution in [0, 0.1) is 23.4 Å². The highest BCUT2D eigenvalue weighted by molar-refractivity contribution is 5.37. The van der Waals surface area contributed by atoms with Gasteiger partial charge in [-0.1, -0.05) is 0 Å². The summed E-state index contributed by atoms with van der Waals surface area (Å²) in [6, 6.07) is -0.323. The van der Waals surface area contributed by atoms with Gasteiger partial charge < -0.3 is 15.6 Å². The zero-order valence-electron chi connectivity index (χ0n) is 9.63. The van der Waals surface area contributed by atoms with Crippen LogP contribution in [0.4, 0.5) is 13.2 Å². The van der Waals surface area contributed by atoms with E-state index in [9.17, 15) is 18.3 Å². The number of rotatable bonds is 2. The number of aromatic hydroxyl groups is 1. The van der Waals surface area contributed by atoms with Gasteiger partial charge in [0.15, 0.2) is 17.5 Å². The lowest BCUT2D eigenvalue weighted by atomic mass is 9.87. The fourth-order valence-corrected chi connectivity index (χ4v) is 2.22. The number of phenols is 1. The van der Waals surface area contributed by atoms with Crippen molar-refractivity contribution < 1.29 is 23.0 Å². The summed E-state index contributed by atoms with van der Waals surface area (Å²) in [5.41, 5.74) is 5.49. The van der Waals surface area contributed by atoms with E-state index in [-0.39, 0.29) is 11.5 Å². The van der Waals surface area contributed by atoms with Crippen LogP contribution in [0.3, 0.4) is 0 Å². The molecule has 0 radical (unpaired) electrons. The van der Waals surface area contributed by atoms with Crippen LogP contribution in [-0.4, -0.2) is 18.3 Å². The van der Waals surface area contributed by atoms with Crippen molar-refractivity contribution in [3.63, 3.8) is 0 Å². The third kappa shape index (κ3) is 2.30. The van der Waals surface area contributed by atoms with E-state index in [0.29, 0.717) is 32.1 Å². The molecule has 0 aliphatic carbocycles. The molecular formula is C12H14F3NO2. The molecule has 0 spiro atoms. The topological polar surface area (TPSA) is 55.5 Å². The van der Waals surface area contributed by atoms with Gasteiger partial charge in [-0.15, -0.1) is 0 Å². The Kier molecular flexibility index (Phi) is 3.77. The van der Waals surface area contributed by atoms with Crippen molar-refractivity contribution in [2.45, 2.75) is 18.9 Å². The second-order valence-corrected chi connectivity index (χ2v) is 4.39. The minimum absolute atomic E-state index is 0.121. The van der Waals surface area contributed by atoms with E-state index in [1.54, 1.807) is 0 Å². The Morgan fingerprint density at radius 1 is 1.22 bits per heavy atom. The fourth-order valence-electron chi connectivity index (χ4n) is 2.22. The molecule has 3 N–H and O–H groups in total. The predicted octanol–water partition coefficient (Wildman–Crippen LogP) is 2.24. The smallest absolute Gasteiger partial charge is 0.195 e. The van der Waals surface area contributed by atoms with Gasteiger partial charge in [-0.05, 0) is 18.8 Å². The fraction of sp³-hybridized carbons (Fsp3) is 0.500. The molecule has 1 heterocycles. The first-order valence-corrected chi connectivity index (χ1v) is 5.72. The molecule has 1 fully saturated rings. The third-order valence-corrected chi connectivity index (χ3v) is 3.29. The highest BCUT2D eigenvalue weighted by atomic mass is 19.2. The van der Waals surface area contributed by atoms with Crippen LogP contribution in [0.1, 0.15) is 24.4 Å². The van der Waals surface area contributed by atoms with E-state index < -0.39 is 29.2 Å². The molecule has 6 heteroatoms. The molecule has 100 valence electrons. The zero-order valence-corrected chi connectivity index (χ0v) is 9.63. The van der Waals surface area contributed by atoms with Crippen molar-refractivity contribution in [1.82, 2.24) is 0 Å². The van der Waals surface area contributed by atoms with Crippen LogP contribution < -0.4 is 5.73 Å². The molecule has 1 aromatic rings. The van der Waals surface area contributed by atoms with Crippen LogP contribution in [0.2, 0.25) is 0 Å². The Labute approximate surface area is 102 Å². The SMILES string of the molecule is N[C@H](c1c(O)cc(F)c(F)c1F)C1CCOCC1. The van der Waals surface area contributed by atoms with Crippen molar-refractivity contribution >= 4 is 0 Å². The Morgan fingerprint density at radius 2 is 1.83 bits per heavy atom. The average Bonchev–Trinajstić information content (AvgIpc) is 2.37. The first kappa shape index (κ1) is 13.2. The largest absolute Gasteiger partial charge is 0.507 e. The summed E-state index contributed by atoms with van der Waals surface area (Å²) in [5, 5.41) is 9.54. The third-order valence-electron chi connectivity index (χ3n) is 3.29. The molecule has 2 rings (SSSR count). The Bertz CT molecular complexity index is 447. The van der Waals surface area contributed by atoms with Gasteiger partial charge in [-0.3, -0.25) is 0 Å². The van der Waals surface area contributed by atoms with Crippen LogP contribution in [0.15, 0.2) is 6.07 Å². The summed E-state index contributed by atoms with van der Waals surface area (Å²) in [7, 11) is 0. The molecule has 3 nitrogen and oxygen atoms in total. The summed E-state index contributed by atoms with van der Waals surface area (Å²) in [6.07, 6.45) is 1.19. The molecule has 0 amide bonds. The Morgan fingerprint density at radius 3 is 2.44 bits per heavy atom. The van der Waals surface area contributed by atoms with E-state index in [2.05, 4.69) is 0 Å². The maximum Gasteiger partial charge on any atom is 0.195 e. The highest BCUT2D eigenvalue weighted by Gasteiger charge is 2.29. The highest BCUT2D eigenvalue weighted by Crippen LogP contribution is 2.36. The van der Waals surface area contributed by atoms with Crippen LogP contribution in [-0.2, 0) is 4.74 Å². The summed E-state index contributed by atoms with van der Waals surface area (Å²) >= 11 is 0. The zero-order chi connectivity index (χ0) is 13.3. The minimum atomic E-state index is -1.61. The van der Waals surface area contributed by atoms with Gasteiger partial charge in [0.2, 0.25) is 0 Å². The first-order valence-electron chi connectivity index (χ1n) is 5.72.